The Balaban J connectivity index is 1.56. The summed E-state index contributed by atoms with van der Waals surface area (Å²) in [5, 5.41) is 11.1. The molecule has 1 aromatic carbocycles. The molecule has 0 saturated carbocycles. The van der Waals surface area contributed by atoms with Crippen LogP contribution in [0.2, 0.25) is 0 Å². The highest BCUT2D eigenvalue weighted by Crippen LogP contribution is 2.19. The molecule has 160 valence electrons. The number of hydrogen-bond acceptors (Lipinski definition) is 7. The largest absolute Gasteiger partial charge is 0.466 e. The second-order valence-electron chi connectivity index (χ2n) is 7.32. The Bertz CT molecular complexity index is 906. The molecule has 10 nitrogen and oxygen atoms in total. The molecule has 0 atom stereocenters. The average Bonchev–Trinajstić information content (AvgIpc) is 3.27. The van der Waals surface area contributed by atoms with Crippen molar-refractivity contribution in [1.82, 2.24) is 30.0 Å². The number of nitrogens with zero attached hydrogens (tertiary/aromatic N) is 6. The zero-order valence-corrected chi connectivity index (χ0v) is 17.4. The summed E-state index contributed by atoms with van der Waals surface area (Å²) >= 11 is 0. The number of amides is 2. The van der Waals surface area contributed by atoms with Gasteiger partial charge in [-0.1, -0.05) is 0 Å². The van der Waals surface area contributed by atoms with Crippen LogP contribution in [-0.4, -0.2) is 81.1 Å². The molecule has 10 heteroatoms. The summed E-state index contributed by atoms with van der Waals surface area (Å²) in [6.07, 6.45) is 2.65. The van der Waals surface area contributed by atoms with E-state index in [1.54, 1.807) is 37.1 Å². The minimum absolute atomic E-state index is 0.0172. The molecular formula is C20H26N6O4. The topological polar surface area (TPSA) is 111 Å². The van der Waals surface area contributed by atoms with E-state index in [1.807, 2.05) is 6.92 Å². The van der Waals surface area contributed by atoms with Crippen molar-refractivity contribution in [2.24, 2.45) is 5.92 Å². The molecular weight excluding hydrogens is 388 g/mol. The number of ether oxygens (including phenoxy) is 1. The lowest BCUT2D eigenvalue weighted by atomic mass is 9.97. The number of carbonyl (C=O) groups is 3. The summed E-state index contributed by atoms with van der Waals surface area (Å²) in [6, 6.07) is 5.22. The van der Waals surface area contributed by atoms with E-state index in [1.165, 1.54) is 15.9 Å². The van der Waals surface area contributed by atoms with Gasteiger partial charge in [-0.3, -0.25) is 14.4 Å². The van der Waals surface area contributed by atoms with Crippen molar-refractivity contribution in [1.29, 1.82) is 0 Å². The van der Waals surface area contributed by atoms with Gasteiger partial charge >= 0.3 is 5.97 Å². The molecule has 1 fully saturated rings. The standard InChI is InChI=1S/C20H26N6O4/c1-4-30-20(29)15-7-9-25(10-8-15)18(27)12-24(3)19(28)16-5-6-17(14(2)11-16)26-13-21-22-23-26/h5-6,11,13,15H,4,7-10,12H2,1-3H3. The molecule has 0 bridgehead atoms. The molecule has 0 aliphatic carbocycles. The highest BCUT2D eigenvalue weighted by Gasteiger charge is 2.29. The minimum atomic E-state index is -0.240. The van der Waals surface area contributed by atoms with Crippen LogP contribution in [0.1, 0.15) is 35.7 Å². The van der Waals surface area contributed by atoms with Gasteiger partial charge in [0, 0.05) is 25.7 Å². The first-order valence-electron chi connectivity index (χ1n) is 9.94. The van der Waals surface area contributed by atoms with Crippen molar-refractivity contribution in [3.05, 3.63) is 35.7 Å². The van der Waals surface area contributed by atoms with Gasteiger partial charge in [0.1, 0.15) is 6.33 Å². The van der Waals surface area contributed by atoms with Crippen molar-refractivity contribution < 1.29 is 19.1 Å². The van der Waals surface area contributed by atoms with Crippen molar-refractivity contribution in [3.8, 4) is 5.69 Å². The average molecular weight is 414 g/mol. The molecule has 1 saturated heterocycles. The van der Waals surface area contributed by atoms with Crippen LogP contribution in [0.3, 0.4) is 0 Å². The zero-order valence-electron chi connectivity index (χ0n) is 17.4. The fourth-order valence-corrected chi connectivity index (χ4v) is 3.54. The monoisotopic (exact) mass is 414 g/mol. The highest BCUT2D eigenvalue weighted by molar-refractivity contribution is 5.96. The number of esters is 1. The van der Waals surface area contributed by atoms with Crippen molar-refractivity contribution in [2.75, 3.05) is 33.3 Å². The second kappa shape index (κ2) is 9.47. The highest BCUT2D eigenvalue weighted by atomic mass is 16.5. The van der Waals surface area contributed by atoms with Crippen LogP contribution in [0.25, 0.3) is 5.69 Å². The number of likely N-dealkylation sites (tertiary alicyclic amines) is 1. The van der Waals surface area contributed by atoms with Crippen molar-refractivity contribution in [2.45, 2.75) is 26.7 Å². The number of likely N-dealkylation sites (N-methyl/N-ethyl adjacent to an activating group) is 1. The van der Waals surface area contributed by atoms with E-state index in [0.29, 0.717) is 38.1 Å². The van der Waals surface area contributed by atoms with Gasteiger partial charge in [-0.05, 0) is 60.9 Å². The summed E-state index contributed by atoms with van der Waals surface area (Å²) in [7, 11) is 1.61. The quantitative estimate of drug-likeness (QED) is 0.644. The lowest BCUT2D eigenvalue weighted by molar-refractivity contribution is -0.151. The predicted octanol–water partition coefficient (Wildman–Crippen LogP) is 0.844. The van der Waals surface area contributed by atoms with Crippen LogP contribution in [0.5, 0.6) is 0 Å². The minimum Gasteiger partial charge on any atom is -0.466 e. The Hall–Kier alpha value is -3.30. The normalized spacial score (nSPS) is 14.4. The van der Waals surface area contributed by atoms with Gasteiger partial charge in [0.2, 0.25) is 5.91 Å². The molecule has 2 amide bonds. The molecule has 1 aromatic heterocycles. The van der Waals surface area contributed by atoms with Crippen LogP contribution >= 0.6 is 0 Å². The molecule has 1 aliphatic heterocycles. The van der Waals surface area contributed by atoms with Gasteiger partial charge in [0.15, 0.2) is 0 Å². The third kappa shape index (κ3) is 4.81. The molecule has 3 rings (SSSR count). The second-order valence-corrected chi connectivity index (χ2v) is 7.32. The Kier molecular flexibility index (Phi) is 6.76. The van der Waals surface area contributed by atoms with Gasteiger partial charge in [-0.2, -0.15) is 0 Å². The lowest BCUT2D eigenvalue weighted by Gasteiger charge is -2.32. The first kappa shape index (κ1) is 21.4. The number of tetrazole rings is 1. The maximum Gasteiger partial charge on any atom is 0.309 e. The van der Waals surface area contributed by atoms with E-state index in [4.69, 9.17) is 4.74 Å². The molecule has 30 heavy (non-hydrogen) atoms. The summed E-state index contributed by atoms with van der Waals surface area (Å²) < 4.78 is 6.58. The summed E-state index contributed by atoms with van der Waals surface area (Å²) in [4.78, 5) is 40.3. The Morgan fingerprint density at radius 2 is 1.97 bits per heavy atom. The smallest absolute Gasteiger partial charge is 0.309 e. The number of carbonyl (C=O) groups excluding carboxylic acids is 3. The molecule has 0 radical (unpaired) electrons. The van der Waals surface area contributed by atoms with E-state index in [2.05, 4.69) is 15.5 Å². The molecule has 1 aliphatic rings. The lowest BCUT2D eigenvalue weighted by Crippen LogP contribution is -2.45. The van der Waals surface area contributed by atoms with Gasteiger partial charge in [0.25, 0.3) is 5.91 Å². The summed E-state index contributed by atoms with van der Waals surface area (Å²) in [6.45, 7) is 4.98. The van der Waals surface area contributed by atoms with Gasteiger partial charge in [-0.25, -0.2) is 4.68 Å². The number of rotatable bonds is 6. The Morgan fingerprint density at radius 3 is 2.57 bits per heavy atom. The first-order chi connectivity index (χ1) is 14.4. The predicted molar refractivity (Wildman–Crippen MR) is 107 cm³/mol. The fourth-order valence-electron chi connectivity index (χ4n) is 3.54. The SMILES string of the molecule is CCOC(=O)C1CCN(C(=O)CN(C)C(=O)c2ccc(-n3cnnn3)c(C)c2)CC1. The fraction of sp³-hybridized carbons (Fsp3) is 0.500. The maximum absolute atomic E-state index is 12.8. The number of benzene rings is 1. The van der Waals surface area contributed by atoms with Crippen LogP contribution in [0, 0.1) is 12.8 Å². The van der Waals surface area contributed by atoms with E-state index in [9.17, 15) is 14.4 Å². The summed E-state index contributed by atoms with van der Waals surface area (Å²) in [5.74, 6) is -0.723. The molecule has 0 N–H and O–H groups in total. The molecule has 2 heterocycles. The summed E-state index contributed by atoms with van der Waals surface area (Å²) in [5.41, 5.74) is 2.11. The van der Waals surface area contributed by atoms with Gasteiger partial charge < -0.3 is 14.5 Å². The van der Waals surface area contributed by atoms with Gasteiger partial charge in [-0.15, -0.1) is 5.10 Å². The molecule has 0 spiro atoms. The van der Waals surface area contributed by atoms with Crippen molar-refractivity contribution in [3.63, 3.8) is 0 Å². The maximum atomic E-state index is 12.8. The third-order valence-corrected chi connectivity index (χ3v) is 5.23. The molecule has 0 unspecified atom stereocenters. The third-order valence-electron chi connectivity index (χ3n) is 5.23. The van der Waals surface area contributed by atoms with Crippen LogP contribution in [-0.2, 0) is 14.3 Å². The number of aryl methyl sites for hydroxylation is 1. The van der Waals surface area contributed by atoms with Crippen LogP contribution < -0.4 is 0 Å². The van der Waals surface area contributed by atoms with Gasteiger partial charge in [0.05, 0.1) is 24.8 Å². The van der Waals surface area contributed by atoms with Crippen LogP contribution in [0.15, 0.2) is 24.5 Å². The van der Waals surface area contributed by atoms with E-state index < -0.39 is 0 Å². The molecule has 2 aromatic rings. The van der Waals surface area contributed by atoms with Crippen LogP contribution in [0.4, 0.5) is 0 Å². The Morgan fingerprint density at radius 1 is 1.23 bits per heavy atom. The van der Waals surface area contributed by atoms with Crippen molar-refractivity contribution >= 4 is 17.8 Å². The number of piperidine rings is 1. The van der Waals surface area contributed by atoms with E-state index in [0.717, 1.165) is 11.3 Å². The zero-order chi connectivity index (χ0) is 21.7. The number of hydrogen-bond donors (Lipinski definition) is 0. The Labute approximate surface area is 174 Å². The van der Waals surface area contributed by atoms with E-state index >= 15 is 0 Å². The first-order valence-corrected chi connectivity index (χ1v) is 9.94. The van der Waals surface area contributed by atoms with E-state index in [-0.39, 0.29) is 30.2 Å². The number of aromatic nitrogens is 4.